The summed E-state index contributed by atoms with van der Waals surface area (Å²) >= 11 is 0. The van der Waals surface area contributed by atoms with Gasteiger partial charge in [0.05, 0.1) is 23.9 Å². The average molecular weight is 496 g/mol. The summed E-state index contributed by atoms with van der Waals surface area (Å²) in [5, 5.41) is 10.6. The first-order chi connectivity index (χ1) is 17.3. The lowest BCUT2D eigenvalue weighted by Gasteiger charge is -2.29. The standard InChI is InChI=1S/C27H24F3N3O3/c28-27(29,30)24-15-20(7-9-23(24)19-4-2-1-3-5-19)25-17-33(31-36-25)22-8-6-18-10-12-32(13-11-26(34)35)16-21(18)14-22/h1-9,14-15,17,31H,10-13,16H2,(H,34,35). The van der Waals surface area contributed by atoms with Crippen LogP contribution in [0.5, 0.6) is 0 Å². The van der Waals surface area contributed by atoms with Gasteiger partial charge in [0.25, 0.3) is 0 Å². The molecule has 0 amide bonds. The number of carboxylic acids is 1. The van der Waals surface area contributed by atoms with Gasteiger partial charge in [0.15, 0.2) is 5.76 Å². The van der Waals surface area contributed by atoms with E-state index >= 15 is 0 Å². The number of halogens is 3. The molecule has 2 N–H and O–H groups in total. The van der Waals surface area contributed by atoms with Gasteiger partial charge < -0.3 is 9.94 Å². The van der Waals surface area contributed by atoms with Crippen molar-refractivity contribution in [2.45, 2.75) is 25.6 Å². The van der Waals surface area contributed by atoms with E-state index in [1.807, 2.05) is 18.2 Å². The normalized spacial score (nSPS) is 15.9. The largest absolute Gasteiger partial charge is 0.481 e. The maximum Gasteiger partial charge on any atom is 0.417 e. The maximum atomic E-state index is 13.9. The fraction of sp³-hybridized carbons (Fsp3) is 0.222. The number of fused-ring (bicyclic) bond motifs is 1. The van der Waals surface area contributed by atoms with Crippen LogP contribution in [0.3, 0.4) is 0 Å². The molecule has 0 atom stereocenters. The topological polar surface area (TPSA) is 65.0 Å². The fourth-order valence-corrected chi connectivity index (χ4v) is 4.53. The van der Waals surface area contributed by atoms with Crippen molar-refractivity contribution < 1.29 is 27.9 Å². The fourth-order valence-electron chi connectivity index (χ4n) is 4.53. The van der Waals surface area contributed by atoms with Crippen LogP contribution in [0.15, 0.2) is 72.9 Å². The zero-order valence-corrected chi connectivity index (χ0v) is 19.3. The summed E-state index contributed by atoms with van der Waals surface area (Å²) in [6.45, 7) is 1.92. The highest BCUT2D eigenvalue weighted by Gasteiger charge is 2.34. The predicted molar refractivity (Wildman–Crippen MR) is 129 cm³/mol. The van der Waals surface area contributed by atoms with Crippen LogP contribution in [0.1, 0.15) is 28.7 Å². The molecule has 0 saturated carbocycles. The summed E-state index contributed by atoms with van der Waals surface area (Å²) in [6.07, 6.45) is -2.00. The third-order valence-corrected chi connectivity index (χ3v) is 6.40. The highest BCUT2D eigenvalue weighted by molar-refractivity contribution is 5.74. The number of benzene rings is 3. The maximum absolute atomic E-state index is 13.9. The zero-order valence-electron chi connectivity index (χ0n) is 19.3. The number of anilines is 1. The van der Waals surface area contributed by atoms with E-state index < -0.39 is 17.7 Å². The number of nitrogens with one attached hydrogen (secondary N) is 1. The van der Waals surface area contributed by atoms with Crippen molar-refractivity contribution in [1.29, 1.82) is 0 Å². The molecule has 0 radical (unpaired) electrons. The van der Waals surface area contributed by atoms with E-state index in [4.69, 9.17) is 9.94 Å². The van der Waals surface area contributed by atoms with Crippen LogP contribution in [0.25, 0.3) is 16.9 Å². The Morgan fingerprint density at radius 2 is 1.81 bits per heavy atom. The van der Waals surface area contributed by atoms with Crippen LogP contribution >= 0.6 is 0 Å². The lowest BCUT2D eigenvalue weighted by atomic mass is 9.96. The van der Waals surface area contributed by atoms with Gasteiger partial charge in [-0.25, -0.2) is 5.01 Å². The van der Waals surface area contributed by atoms with Crippen molar-refractivity contribution in [2.75, 3.05) is 18.1 Å². The molecule has 6 nitrogen and oxygen atoms in total. The summed E-state index contributed by atoms with van der Waals surface area (Å²) in [5.74, 6) is -0.558. The Hall–Kier alpha value is -3.82. The number of rotatable bonds is 6. The van der Waals surface area contributed by atoms with Crippen LogP contribution in [-0.2, 0) is 28.8 Å². The van der Waals surface area contributed by atoms with E-state index in [0.717, 1.165) is 30.3 Å². The molecule has 0 aliphatic carbocycles. The summed E-state index contributed by atoms with van der Waals surface area (Å²) in [5.41, 5.74) is 5.96. The smallest absolute Gasteiger partial charge is 0.417 e. The SMILES string of the molecule is O=C(O)CCN1CCc2ccc(N3C=C(c4ccc(-c5ccccc5)c(C(F)(F)F)c4)ON3)cc2C1. The molecule has 9 heteroatoms. The summed E-state index contributed by atoms with van der Waals surface area (Å²) in [7, 11) is 0. The predicted octanol–water partition coefficient (Wildman–Crippen LogP) is 5.46. The van der Waals surface area contributed by atoms with Crippen LogP contribution in [0.4, 0.5) is 18.9 Å². The lowest BCUT2D eigenvalue weighted by Crippen LogP contribution is -2.33. The van der Waals surface area contributed by atoms with E-state index in [-0.39, 0.29) is 17.7 Å². The van der Waals surface area contributed by atoms with Crippen molar-refractivity contribution in [3.05, 3.63) is 95.2 Å². The Bertz CT molecular complexity index is 1310. The van der Waals surface area contributed by atoms with Crippen molar-refractivity contribution in [3.63, 3.8) is 0 Å². The van der Waals surface area contributed by atoms with Crippen molar-refractivity contribution in [1.82, 2.24) is 10.5 Å². The van der Waals surface area contributed by atoms with Gasteiger partial charge in [-0.3, -0.25) is 9.69 Å². The third kappa shape index (κ3) is 5.07. The van der Waals surface area contributed by atoms with E-state index in [9.17, 15) is 18.0 Å². The van der Waals surface area contributed by atoms with Gasteiger partial charge in [0.2, 0.25) is 0 Å². The second kappa shape index (κ2) is 9.67. The van der Waals surface area contributed by atoms with E-state index in [1.165, 1.54) is 11.6 Å². The number of hydrogen-bond donors (Lipinski definition) is 2. The Balaban J connectivity index is 1.39. The zero-order chi connectivity index (χ0) is 25.3. The molecular formula is C27H24F3N3O3. The molecule has 0 saturated heterocycles. The third-order valence-electron chi connectivity index (χ3n) is 6.40. The quantitative estimate of drug-likeness (QED) is 0.474. The van der Waals surface area contributed by atoms with Crippen LogP contribution in [0, 0.1) is 0 Å². The first-order valence-electron chi connectivity index (χ1n) is 11.5. The minimum absolute atomic E-state index is 0.0889. The molecule has 0 bridgehead atoms. The molecule has 36 heavy (non-hydrogen) atoms. The molecule has 3 aromatic rings. The van der Waals surface area contributed by atoms with Gasteiger partial charge in [-0.05, 0) is 46.9 Å². The Kier molecular flexibility index (Phi) is 6.42. The monoisotopic (exact) mass is 495 g/mol. The molecule has 3 aromatic carbocycles. The van der Waals surface area contributed by atoms with E-state index in [2.05, 4.69) is 10.5 Å². The number of carboxylic acid groups (broad SMARTS) is 1. The first kappa shape index (κ1) is 23.9. The second-order valence-corrected chi connectivity index (χ2v) is 8.80. The molecule has 0 spiro atoms. The Morgan fingerprint density at radius 1 is 1.00 bits per heavy atom. The van der Waals surface area contributed by atoms with Crippen LogP contribution in [0.2, 0.25) is 0 Å². The minimum Gasteiger partial charge on any atom is -0.481 e. The molecule has 2 heterocycles. The van der Waals surface area contributed by atoms with Gasteiger partial charge in [-0.15, -0.1) is 0 Å². The van der Waals surface area contributed by atoms with Crippen LogP contribution < -0.4 is 10.6 Å². The number of hydrazine groups is 1. The molecular weight excluding hydrogens is 471 g/mol. The first-order valence-corrected chi connectivity index (χ1v) is 11.5. The molecule has 0 unspecified atom stereocenters. The van der Waals surface area contributed by atoms with Gasteiger partial charge in [0, 0.05) is 25.2 Å². The van der Waals surface area contributed by atoms with Gasteiger partial charge in [-0.1, -0.05) is 54.1 Å². The highest BCUT2D eigenvalue weighted by atomic mass is 19.4. The van der Waals surface area contributed by atoms with Gasteiger partial charge >= 0.3 is 12.1 Å². The number of aliphatic carboxylic acids is 1. The number of hydrogen-bond acceptors (Lipinski definition) is 5. The molecule has 186 valence electrons. The summed E-state index contributed by atoms with van der Waals surface area (Å²) < 4.78 is 41.7. The lowest BCUT2D eigenvalue weighted by molar-refractivity contribution is -0.138. The number of carbonyl (C=O) groups is 1. The highest BCUT2D eigenvalue weighted by Crippen LogP contribution is 2.39. The van der Waals surface area contributed by atoms with Gasteiger partial charge in [0.1, 0.15) is 0 Å². The Morgan fingerprint density at radius 3 is 2.56 bits per heavy atom. The van der Waals surface area contributed by atoms with Crippen molar-refractivity contribution in [2.24, 2.45) is 0 Å². The number of nitrogens with zero attached hydrogens (tertiary/aromatic N) is 2. The van der Waals surface area contributed by atoms with Crippen molar-refractivity contribution in [3.8, 4) is 11.1 Å². The van der Waals surface area contributed by atoms with E-state index in [1.54, 1.807) is 47.6 Å². The molecule has 0 aromatic heterocycles. The van der Waals surface area contributed by atoms with Crippen molar-refractivity contribution >= 4 is 17.4 Å². The second-order valence-electron chi connectivity index (χ2n) is 8.80. The van der Waals surface area contributed by atoms with E-state index in [0.29, 0.717) is 24.2 Å². The summed E-state index contributed by atoms with van der Waals surface area (Å²) in [6, 6.07) is 18.6. The molecule has 5 rings (SSSR count). The van der Waals surface area contributed by atoms with Gasteiger partial charge in [-0.2, -0.15) is 13.2 Å². The average Bonchev–Trinajstić information content (AvgIpc) is 3.37. The molecule has 2 aliphatic heterocycles. The molecule has 2 aliphatic rings. The number of alkyl halides is 3. The van der Waals surface area contributed by atoms with Crippen LogP contribution in [-0.4, -0.2) is 29.1 Å². The summed E-state index contributed by atoms with van der Waals surface area (Å²) in [4.78, 5) is 18.5. The Labute approximate surface area is 206 Å². The molecule has 0 fully saturated rings. The minimum atomic E-state index is -4.53.